The lowest BCUT2D eigenvalue weighted by Gasteiger charge is -2.22. The molecule has 2 aliphatic rings. The molecule has 1 N–H and O–H groups in total. The molecule has 2 saturated heterocycles. The van der Waals surface area contributed by atoms with Crippen LogP contribution in [-0.2, 0) is 14.2 Å². The summed E-state index contributed by atoms with van der Waals surface area (Å²) >= 11 is 0. The van der Waals surface area contributed by atoms with Crippen molar-refractivity contribution in [1.82, 2.24) is 0 Å². The maximum atomic E-state index is 9.31. The van der Waals surface area contributed by atoms with E-state index >= 15 is 0 Å². The number of ether oxygens (including phenoxy) is 3. The quantitative estimate of drug-likeness (QED) is 0.535. The molecular formula is C7H12O4. The van der Waals surface area contributed by atoms with E-state index in [4.69, 9.17) is 14.2 Å². The summed E-state index contributed by atoms with van der Waals surface area (Å²) in [6.07, 6.45) is -1.26. The molecule has 0 spiro atoms. The smallest absolute Gasteiger partial charge is 0.184 e. The lowest BCUT2D eigenvalue weighted by molar-refractivity contribution is -0.181. The Morgan fingerprint density at radius 2 is 2.09 bits per heavy atom. The van der Waals surface area contributed by atoms with Crippen molar-refractivity contribution in [2.45, 2.75) is 37.9 Å². The van der Waals surface area contributed by atoms with Crippen molar-refractivity contribution in [3.63, 3.8) is 0 Å². The van der Waals surface area contributed by atoms with Crippen LogP contribution in [0, 0.1) is 0 Å². The summed E-state index contributed by atoms with van der Waals surface area (Å²) < 4.78 is 15.6. The van der Waals surface area contributed by atoms with Crippen LogP contribution in [0.25, 0.3) is 0 Å². The van der Waals surface area contributed by atoms with Gasteiger partial charge in [-0.3, -0.25) is 0 Å². The molecule has 2 aliphatic heterocycles. The minimum absolute atomic E-state index is 0.127. The summed E-state index contributed by atoms with van der Waals surface area (Å²) in [4.78, 5) is 0. The van der Waals surface area contributed by atoms with Gasteiger partial charge in [0.1, 0.15) is 19.0 Å². The zero-order chi connectivity index (χ0) is 8.06. The number of fused-ring (bicyclic) bond motifs is 1. The largest absolute Gasteiger partial charge is 0.366 e. The van der Waals surface area contributed by atoms with E-state index in [0.717, 1.165) is 0 Å². The van der Waals surface area contributed by atoms with Crippen LogP contribution in [0.1, 0.15) is 13.8 Å². The molecule has 4 nitrogen and oxygen atoms in total. The highest BCUT2D eigenvalue weighted by Gasteiger charge is 2.53. The van der Waals surface area contributed by atoms with Crippen LogP contribution in [0.5, 0.6) is 0 Å². The van der Waals surface area contributed by atoms with Gasteiger partial charge in [0.15, 0.2) is 6.29 Å². The SMILES string of the molecule is CC1(C)OC(O)C2OCOC21. The third-order valence-electron chi connectivity index (χ3n) is 2.20. The Bertz CT molecular complexity index is 168. The maximum absolute atomic E-state index is 9.31. The number of rotatable bonds is 0. The minimum Gasteiger partial charge on any atom is -0.366 e. The topological polar surface area (TPSA) is 47.9 Å². The Kier molecular flexibility index (Phi) is 1.47. The van der Waals surface area contributed by atoms with Gasteiger partial charge in [0.05, 0.1) is 5.60 Å². The van der Waals surface area contributed by atoms with Gasteiger partial charge in [0.2, 0.25) is 0 Å². The van der Waals surface area contributed by atoms with Gasteiger partial charge < -0.3 is 19.3 Å². The fourth-order valence-electron chi connectivity index (χ4n) is 1.65. The third-order valence-corrected chi connectivity index (χ3v) is 2.20. The van der Waals surface area contributed by atoms with Gasteiger partial charge in [-0.25, -0.2) is 0 Å². The molecule has 3 atom stereocenters. The second-order valence-electron chi connectivity index (χ2n) is 3.45. The molecule has 4 heteroatoms. The zero-order valence-corrected chi connectivity index (χ0v) is 6.61. The fraction of sp³-hybridized carbons (Fsp3) is 1.00. The Hall–Kier alpha value is -0.160. The van der Waals surface area contributed by atoms with E-state index in [2.05, 4.69) is 0 Å². The van der Waals surface area contributed by atoms with Gasteiger partial charge in [-0.15, -0.1) is 0 Å². The zero-order valence-electron chi connectivity index (χ0n) is 6.61. The molecule has 2 heterocycles. The van der Waals surface area contributed by atoms with Crippen molar-refractivity contribution in [1.29, 1.82) is 0 Å². The van der Waals surface area contributed by atoms with E-state index in [1.54, 1.807) is 0 Å². The molecule has 0 aromatic carbocycles. The van der Waals surface area contributed by atoms with Crippen molar-refractivity contribution in [3.05, 3.63) is 0 Å². The monoisotopic (exact) mass is 160 g/mol. The summed E-state index contributed by atoms with van der Waals surface area (Å²) in [6.45, 7) is 4.03. The predicted octanol–water partition coefficient (Wildman–Crippen LogP) is -0.145. The van der Waals surface area contributed by atoms with Crippen molar-refractivity contribution in [2.75, 3.05) is 6.79 Å². The molecule has 2 fully saturated rings. The first-order valence-electron chi connectivity index (χ1n) is 3.70. The first-order valence-corrected chi connectivity index (χ1v) is 3.70. The predicted molar refractivity (Wildman–Crippen MR) is 35.8 cm³/mol. The Labute approximate surface area is 65.1 Å². The highest BCUT2D eigenvalue weighted by Crippen LogP contribution is 2.36. The molecule has 0 aliphatic carbocycles. The van der Waals surface area contributed by atoms with Crippen LogP contribution in [0.2, 0.25) is 0 Å². The van der Waals surface area contributed by atoms with E-state index in [1.807, 2.05) is 13.8 Å². The average molecular weight is 160 g/mol. The number of hydrogen-bond donors (Lipinski definition) is 1. The summed E-state index contributed by atoms with van der Waals surface area (Å²) in [5.41, 5.74) is -0.430. The minimum atomic E-state index is -0.836. The van der Waals surface area contributed by atoms with Gasteiger partial charge in [-0.1, -0.05) is 0 Å². The van der Waals surface area contributed by atoms with Gasteiger partial charge in [0.25, 0.3) is 0 Å². The van der Waals surface area contributed by atoms with E-state index in [0.29, 0.717) is 0 Å². The van der Waals surface area contributed by atoms with Crippen molar-refractivity contribution >= 4 is 0 Å². The molecule has 64 valence electrons. The Balaban J connectivity index is 2.20. The van der Waals surface area contributed by atoms with Crippen LogP contribution in [0.3, 0.4) is 0 Å². The first-order chi connectivity index (χ1) is 5.11. The van der Waals surface area contributed by atoms with Gasteiger partial charge in [-0.2, -0.15) is 0 Å². The molecule has 3 unspecified atom stereocenters. The van der Waals surface area contributed by atoms with Crippen LogP contribution >= 0.6 is 0 Å². The number of aliphatic hydroxyl groups excluding tert-OH is 1. The second kappa shape index (κ2) is 2.17. The third kappa shape index (κ3) is 0.980. The Morgan fingerprint density at radius 1 is 1.36 bits per heavy atom. The van der Waals surface area contributed by atoms with Crippen LogP contribution in [-0.4, -0.2) is 36.0 Å². The molecule has 0 radical (unpaired) electrons. The summed E-state index contributed by atoms with van der Waals surface area (Å²) in [5.74, 6) is 0. The highest BCUT2D eigenvalue weighted by molar-refractivity contribution is 4.96. The highest BCUT2D eigenvalue weighted by atomic mass is 16.8. The molecule has 0 amide bonds. The molecule has 0 aromatic rings. The van der Waals surface area contributed by atoms with Crippen LogP contribution in [0.15, 0.2) is 0 Å². The molecule has 11 heavy (non-hydrogen) atoms. The average Bonchev–Trinajstić information content (AvgIpc) is 2.37. The maximum Gasteiger partial charge on any atom is 0.184 e. The van der Waals surface area contributed by atoms with Crippen LogP contribution < -0.4 is 0 Å². The van der Waals surface area contributed by atoms with Gasteiger partial charge >= 0.3 is 0 Å². The number of hydrogen-bond acceptors (Lipinski definition) is 4. The normalized spacial score (nSPS) is 47.7. The summed E-state index contributed by atoms with van der Waals surface area (Å²) in [5, 5.41) is 9.31. The molecule has 2 rings (SSSR count). The summed E-state index contributed by atoms with van der Waals surface area (Å²) in [7, 11) is 0. The molecular weight excluding hydrogens is 148 g/mol. The van der Waals surface area contributed by atoms with Crippen molar-refractivity contribution in [2.24, 2.45) is 0 Å². The van der Waals surface area contributed by atoms with Crippen molar-refractivity contribution < 1.29 is 19.3 Å². The summed E-state index contributed by atoms with van der Waals surface area (Å²) in [6, 6.07) is 0. The lowest BCUT2D eigenvalue weighted by Crippen LogP contribution is -2.36. The van der Waals surface area contributed by atoms with E-state index in [1.165, 1.54) is 0 Å². The van der Waals surface area contributed by atoms with E-state index in [9.17, 15) is 5.11 Å². The molecule has 0 bridgehead atoms. The second-order valence-corrected chi connectivity index (χ2v) is 3.45. The first kappa shape index (κ1) is 7.49. The number of aliphatic hydroxyl groups is 1. The molecule has 0 aromatic heterocycles. The fourth-order valence-corrected chi connectivity index (χ4v) is 1.65. The van der Waals surface area contributed by atoms with E-state index in [-0.39, 0.29) is 19.0 Å². The Morgan fingerprint density at radius 3 is 2.73 bits per heavy atom. The van der Waals surface area contributed by atoms with Gasteiger partial charge in [-0.05, 0) is 13.8 Å². The van der Waals surface area contributed by atoms with Crippen molar-refractivity contribution in [3.8, 4) is 0 Å². The van der Waals surface area contributed by atoms with Gasteiger partial charge in [0, 0.05) is 0 Å². The molecule has 0 saturated carbocycles. The van der Waals surface area contributed by atoms with Crippen LogP contribution in [0.4, 0.5) is 0 Å². The lowest BCUT2D eigenvalue weighted by atomic mass is 10.0. The van der Waals surface area contributed by atoms with E-state index < -0.39 is 11.9 Å². The standard InChI is InChI=1S/C7H12O4/c1-7(2)5-4(6(8)11-7)9-3-10-5/h4-6,8H,3H2,1-2H3.